The first kappa shape index (κ1) is 19.3. The number of aromatic nitrogens is 3. The molecule has 1 saturated carbocycles. The van der Waals surface area contributed by atoms with Gasteiger partial charge in [-0.15, -0.1) is 11.3 Å². The first-order valence-corrected chi connectivity index (χ1v) is 11.2. The van der Waals surface area contributed by atoms with Gasteiger partial charge in [0.1, 0.15) is 5.01 Å². The van der Waals surface area contributed by atoms with Crippen molar-refractivity contribution in [3.8, 4) is 11.3 Å². The zero-order valence-corrected chi connectivity index (χ0v) is 18.0. The average molecular weight is 395 g/mol. The lowest BCUT2D eigenvalue weighted by Crippen LogP contribution is -2.21. The molecule has 3 aromatic rings. The highest BCUT2D eigenvalue weighted by atomic mass is 32.1. The minimum atomic E-state index is 0.293. The number of benzene rings is 1. The molecule has 1 aliphatic carbocycles. The molecule has 0 bridgehead atoms. The smallest absolute Gasteiger partial charge is 0.109 e. The molecule has 2 aromatic heterocycles. The van der Waals surface area contributed by atoms with Crippen molar-refractivity contribution in [1.29, 1.82) is 0 Å². The Hall–Kier alpha value is -1.98. The van der Waals surface area contributed by atoms with Gasteiger partial charge in [-0.1, -0.05) is 43.5 Å². The first-order valence-electron chi connectivity index (χ1n) is 10.3. The minimum absolute atomic E-state index is 0.293. The second kappa shape index (κ2) is 8.58. The second-order valence-electron chi connectivity index (χ2n) is 8.09. The maximum absolute atomic E-state index is 4.78. The molecule has 0 N–H and O–H groups in total. The van der Waals surface area contributed by atoms with E-state index in [-0.39, 0.29) is 0 Å². The normalized spacial score (nSPS) is 16.6. The number of hydrogen-bond donors (Lipinski definition) is 0. The average Bonchev–Trinajstić information content (AvgIpc) is 3.38. The first-order chi connectivity index (χ1) is 13.6. The summed E-state index contributed by atoms with van der Waals surface area (Å²) >= 11 is 1.72. The van der Waals surface area contributed by atoms with Crippen LogP contribution in [-0.4, -0.2) is 26.7 Å². The van der Waals surface area contributed by atoms with Gasteiger partial charge in [-0.3, -0.25) is 9.58 Å². The topological polar surface area (TPSA) is 34.0 Å². The molecule has 1 aliphatic rings. The second-order valence-corrected chi connectivity index (χ2v) is 9.02. The van der Waals surface area contributed by atoms with Crippen LogP contribution < -0.4 is 0 Å². The highest BCUT2D eigenvalue weighted by molar-refractivity contribution is 7.09. The van der Waals surface area contributed by atoms with Crippen molar-refractivity contribution < 1.29 is 0 Å². The third-order valence-electron chi connectivity index (χ3n) is 6.05. The van der Waals surface area contributed by atoms with Gasteiger partial charge in [0.05, 0.1) is 11.7 Å². The van der Waals surface area contributed by atoms with E-state index >= 15 is 0 Å². The van der Waals surface area contributed by atoms with Gasteiger partial charge < -0.3 is 0 Å². The van der Waals surface area contributed by atoms with E-state index < -0.39 is 0 Å². The molecule has 4 rings (SSSR count). The Bertz CT molecular complexity index is 876. The molecular formula is C23H30N4S. The van der Waals surface area contributed by atoms with E-state index in [4.69, 9.17) is 5.10 Å². The quantitative estimate of drug-likeness (QED) is 0.531. The molecule has 4 nitrogen and oxygen atoms in total. The molecule has 0 unspecified atom stereocenters. The largest absolute Gasteiger partial charge is 0.293 e. The summed E-state index contributed by atoms with van der Waals surface area (Å²) in [6, 6.07) is 9.47. The zero-order chi connectivity index (χ0) is 19.5. The monoisotopic (exact) mass is 394 g/mol. The number of nitrogens with zero attached hydrogens (tertiary/aromatic N) is 4. The Morgan fingerprint density at radius 3 is 2.61 bits per heavy atom. The molecule has 1 aromatic carbocycles. The van der Waals surface area contributed by atoms with Gasteiger partial charge in [0.2, 0.25) is 0 Å². The number of thiazole rings is 1. The Balaban J connectivity index is 1.52. The third-order valence-corrected chi connectivity index (χ3v) is 7.00. The predicted molar refractivity (Wildman–Crippen MR) is 116 cm³/mol. The Labute approximate surface area is 172 Å². The number of rotatable bonds is 6. The van der Waals surface area contributed by atoms with Crippen LogP contribution in [-0.2, 0) is 13.6 Å². The maximum atomic E-state index is 4.78. The highest BCUT2D eigenvalue weighted by Crippen LogP contribution is 2.34. The van der Waals surface area contributed by atoms with E-state index in [1.165, 1.54) is 48.8 Å². The fraction of sp³-hybridized carbons (Fsp3) is 0.478. The van der Waals surface area contributed by atoms with E-state index in [2.05, 4.69) is 54.3 Å². The molecule has 5 heteroatoms. The molecule has 148 valence electrons. The van der Waals surface area contributed by atoms with Gasteiger partial charge in [0.15, 0.2) is 0 Å². The SMILES string of the molecule is C[C@H](c1nccs1)N(C)Cc1cn(C)nc1-c1ccc(C2CCCCC2)cc1. The van der Waals surface area contributed by atoms with Crippen LogP contribution in [0.3, 0.4) is 0 Å². The zero-order valence-electron chi connectivity index (χ0n) is 17.1. The van der Waals surface area contributed by atoms with E-state index in [0.29, 0.717) is 6.04 Å². The van der Waals surface area contributed by atoms with Crippen molar-refractivity contribution in [1.82, 2.24) is 19.7 Å². The molecule has 0 amide bonds. The number of hydrogen-bond acceptors (Lipinski definition) is 4. The molecule has 1 atom stereocenters. The van der Waals surface area contributed by atoms with Crippen molar-refractivity contribution in [2.24, 2.45) is 7.05 Å². The summed E-state index contributed by atoms with van der Waals surface area (Å²) in [5.74, 6) is 0.747. The van der Waals surface area contributed by atoms with Crippen LogP contribution in [0.4, 0.5) is 0 Å². The predicted octanol–water partition coefficient (Wildman–Crippen LogP) is 5.78. The summed E-state index contributed by atoms with van der Waals surface area (Å²) in [5, 5.41) is 7.98. The van der Waals surface area contributed by atoms with Crippen LogP contribution in [0, 0.1) is 0 Å². The van der Waals surface area contributed by atoms with E-state index in [9.17, 15) is 0 Å². The lowest BCUT2D eigenvalue weighted by atomic mass is 9.84. The van der Waals surface area contributed by atoms with Crippen molar-refractivity contribution >= 4 is 11.3 Å². The summed E-state index contributed by atoms with van der Waals surface area (Å²) in [6.45, 7) is 3.07. The van der Waals surface area contributed by atoms with Crippen molar-refractivity contribution in [3.05, 3.63) is 58.2 Å². The number of aryl methyl sites for hydroxylation is 1. The minimum Gasteiger partial charge on any atom is -0.293 e. The van der Waals surface area contributed by atoms with E-state index in [1.54, 1.807) is 11.3 Å². The van der Waals surface area contributed by atoms with Crippen LogP contribution in [0.5, 0.6) is 0 Å². The summed E-state index contributed by atoms with van der Waals surface area (Å²) in [5.41, 5.74) is 5.07. The molecule has 0 aliphatic heterocycles. The van der Waals surface area contributed by atoms with Crippen molar-refractivity contribution in [3.63, 3.8) is 0 Å². The molecule has 0 spiro atoms. The Morgan fingerprint density at radius 2 is 1.93 bits per heavy atom. The van der Waals surface area contributed by atoms with Gasteiger partial charge in [-0.25, -0.2) is 4.98 Å². The molecule has 0 saturated heterocycles. The summed E-state index contributed by atoms with van der Waals surface area (Å²) in [6.07, 6.45) is 10.9. The van der Waals surface area contributed by atoms with Crippen molar-refractivity contribution in [2.75, 3.05) is 7.05 Å². The summed E-state index contributed by atoms with van der Waals surface area (Å²) in [4.78, 5) is 6.82. The fourth-order valence-electron chi connectivity index (χ4n) is 4.28. The fourth-order valence-corrected chi connectivity index (χ4v) is 5.04. The van der Waals surface area contributed by atoms with Crippen molar-refractivity contribution in [2.45, 2.75) is 57.5 Å². The molecule has 0 radical (unpaired) electrons. The standard InChI is InChI=1S/C23H30N4S/c1-17(23-24-13-14-28-23)26(2)15-21-16-27(3)25-22(21)20-11-9-19(10-12-20)18-7-5-4-6-8-18/h9-14,16-18H,4-8,15H2,1-3H3/t17-/m1/s1. The molecule has 2 heterocycles. The van der Waals surface area contributed by atoms with Gasteiger partial charge in [-0.2, -0.15) is 5.10 Å². The molecule has 28 heavy (non-hydrogen) atoms. The van der Waals surface area contributed by atoms with Gasteiger partial charge in [-0.05, 0) is 38.3 Å². The summed E-state index contributed by atoms with van der Waals surface area (Å²) in [7, 11) is 4.17. The van der Waals surface area contributed by atoms with Crippen LogP contribution in [0.2, 0.25) is 0 Å². The summed E-state index contributed by atoms with van der Waals surface area (Å²) < 4.78 is 1.93. The highest BCUT2D eigenvalue weighted by Gasteiger charge is 2.19. The lowest BCUT2D eigenvalue weighted by molar-refractivity contribution is 0.253. The molecular weight excluding hydrogens is 364 g/mol. The van der Waals surface area contributed by atoms with E-state index in [0.717, 1.165) is 23.2 Å². The van der Waals surface area contributed by atoms with E-state index in [1.807, 2.05) is 23.3 Å². The van der Waals surface area contributed by atoms with Gasteiger partial charge >= 0.3 is 0 Å². The lowest BCUT2D eigenvalue weighted by Gasteiger charge is -2.23. The Morgan fingerprint density at radius 1 is 1.18 bits per heavy atom. The van der Waals surface area contributed by atoms with Crippen LogP contribution in [0.15, 0.2) is 42.0 Å². The molecule has 1 fully saturated rings. The van der Waals surface area contributed by atoms with Crippen LogP contribution in [0.25, 0.3) is 11.3 Å². The van der Waals surface area contributed by atoms with Gasteiger partial charge in [0.25, 0.3) is 0 Å². The third kappa shape index (κ3) is 4.20. The van der Waals surface area contributed by atoms with Gasteiger partial charge in [0, 0.05) is 42.5 Å². The van der Waals surface area contributed by atoms with Crippen LogP contribution in [0.1, 0.15) is 67.1 Å². The van der Waals surface area contributed by atoms with Crippen LogP contribution >= 0.6 is 11.3 Å². The Kier molecular flexibility index (Phi) is 5.93. The maximum Gasteiger partial charge on any atom is 0.109 e.